The molecule has 1 saturated heterocycles. The average Bonchev–Trinajstić information content (AvgIpc) is 3.32. The van der Waals surface area contributed by atoms with Crippen molar-refractivity contribution in [1.29, 1.82) is 0 Å². The molecule has 0 saturated carbocycles. The van der Waals surface area contributed by atoms with Crippen molar-refractivity contribution in [2.24, 2.45) is 0 Å². The molecule has 30 heavy (non-hydrogen) atoms. The summed E-state index contributed by atoms with van der Waals surface area (Å²) >= 11 is 0. The maximum atomic E-state index is 6.09. The van der Waals surface area contributed by atoms with Crippen LogP contribution in [0.2, 0.25) is 0 Å². The van der Waals surface area contributed by atoms with Gasteiger partial charge in [-0.2, -0.15) is 20.2 Å². The zero-order valence-electron chi connectivity index (χ0n) is 16.8. The first-order chi connectivity index (χ1) is 14.7. The standard InChI is InChI=1S/C21H24N8O/c1-13-11-17(27-26-13)23-19-18-16(12-14-5-3-2-4-6-14)28-29(15-7-9-30-10-8-15)20(18)25-21(22)24-19/h2-6,11,15H,7-10,12H2,1H3,(H4,22,23,24,25,26,27). The zero-order valence-corrected chi connectivity index (χ0v) is 16.8. The Labute approximate surface area is 173 Å². The van der Waals surface area contributed by atoms with E-state index in [9.17, 15) is 0 Å². The van der Waals surface area contributed by atoms with E-state index in [4.69, 9.17) is 15.6 Å². The Kier molecular flexibility index (Phi) is 4.80. The van der Waals surface area contributed by atoms with Gasteiger partial charge in [0.05, 0.1) is 17.1 Å². The second-order valence-corrected chi connectivity index (χ2v) is 7.59. The summed E-state index contributed by atoms with van der Waals surface area (Å²) in [5, 5.41) is 16.4. The largest absolute Gasteiger partial charge is 0.381 e. The molecular formula is C21H24N8O. The molecule has 154 valence electrons. The Hall–Kier alpha value is -3.46. The molecule has 9 heteroatoms. The zero-order chi connectivity index (χ0) is 20.5. The number of aromatic nitrogens is 6. The van der Waals surface area contributed by atoms with Crippen LogP contribution in [-0.2, 0) is 11.2 Å². The minimum atomic E-state index is 0.205. The summed E-state index contributed by atoms with van der Waals surface area (Å²) in [6.07, 6.45) is 2.47. The summed E-state index contributed by atoms with van der Waals surface area (Å²) < 4.78 is 7.55. The Bertz CT molecular complexity index is 1160. The van der Waals surface area contributed by atoms with Gasteiger partial charge in [-0.3, -0.25) is 5.10 Å². The fourth-order valence-electron chi connectivity index (χ4n) is 3.92. The van der Waals surface area contributed by atoms with Gasteiger partial charge < -0.3 is 15.8 Å². The summed E-state index contributed by atoms with van der Waals surface area (Å²) in [7, 11) is 0. The van der Waals surface area contributed by atoms with E-state index in [0.29, 0.717) is 18.1 Å². The predicted octanol–water partition coefficient (Wildman–Crippen LogP) is 3.13. The normalized spacial score (nSPS) is 15.0. The third-order valence-electron chi connectivity index (χ3n) is 5.34. The number of anilines is 3. The summed E-state index contributed by atoms with van der Waals surface area (Å²) in [5.74, 6) is 1.50. The minimum Gasteiger partial charge on any atom is -0.381 e. The molecule has 0 atom stereocenters. The highest BCUT2D eigenvalue weighted by molar-refractivity contribution is 5.92. The van der Waals surface area contributed by atoms with E-state index in [0.717, 1.165) is 48.5 Å². The highest BCUT2D eigenvalue weighted by atomic mass is 16.5. The Morgan fingerprint density at radius 1 is 1.20 bits per heavy atom. The van der Waals surface area contributed by atoms with Crippen molar-refractivity contribution in [2.45, 2.75) is 32.2 Å². The molecule has 4 N–H and O–H groups in total. The number of aromatic amines is 1. The monoisotopic (exact) mass is 404 g/mol. The fourth-order valence-corrected chi connectivity index (χ4v) is 3.92. The number of H-pyrrole nitrogens is 1. The van der Waals surface area contributed by atoms with Crippen LogP contribution in [-0.4, -0.2) is 43.2 Å². The number of rotatable bonds is 5. The molecule has 1 aliphatic rings. The van der Waals surface area contributed by atoms with Crippen LogP contribution in [0.3, 0.4) is 0 Å². The lowest BCUT2D eigenvalue weighted by molar-refractivity contribution is 0.0672. The van der Waals surface area contributed by atoms with E-state index >= 15 is 0 Å². The Morgan fingerprint density at radius 3 is 2.73 bits per heavy atom. The predicted molar refractivity (Wildman–Crippen MR) is 115 cm³/mol. The van der Waals surface area contributed by atoms with Gasteiger partial charge >= 0.3 is 0 Å². The van der Waals surface area contributed by atoms with E-state index in [1.165, 1.54) is 5.56 Å². The third-order valence-corrected chi connectivity index (χ3v) is 5.34. The van der Waals surface area contributed by atoms with Crippen molar-refractivity contribution in [1.82, 2.24) is 29.9 Å². The average molecular weight is 404 g/mol. The van der Waals surface area contributed by atoms with Gasteiger partial charge in [-0.05, 0) is 25.3 Å². The Balaban J connectivity index is 1.65. The van der Waals surface area contributed by atoms with Gasteiger partial charge in [0.25, 0.3) is 0 Å². The van der Waals surface area contributed by atoms with E-state index in [-0.39, 0.29) is 12.0 Å². The molecule has 1 aromatic carbocycles. The van der Waals surface area contributed by atoms with E-state index < -0.39 is 0 Å². The number of nitrogens with zero attached hydrogens (tertiary/aromatic N) is 5. The van der Waals surface area contributed by atoms with Crippen LogP contribution in [0.5, 0.6) is 0 Å². The molecule has 9 nitrogen and oxygen atoms in total. The molecule has 1 aliphatic heterocycles. The van der Waals surface area contributed by atoms with Crippen molar-refractivity contribution < 1.29 is 4.74 Å². The van der Waals surface area contributed by atoms with Gasteiger partial charge in [0.15, 0.2) is 11.5 Å². The molecule has 0 aliphatic carbocycles. The van der Waals surface area contributed by atoms with Crippen LogP contribution >= 0.6 is 0 Å². The Morgan fingerprint density at radius 2 is 2.00 bits per heavy atom. The van der Waals surface area contributed by atoms with Crippen molar-refractivity contribution in [3.63, 3.8) is 0 Å². The third kappa shape index (κ3) is 3.59. The number of fused-ring (bicyclic) bond motifs is 1. The number of benzene rings is 1. The van der Waals surface area contributed by atoms with Gasteiger partial charge in [-0.1, -0.05) is 30.3 Å². The fraction of sp³-hybridized carbons (Fsp3) is 0.333. The van der Waals surface area contributed by atoms with Crippen molar-refractivity contribution in [3.05, 3.63) is 53.3 Å². The smallest absolute Gasteiger partial charge is 0.224 e. The number of nitrogens with one attached hydrogen (secondary N) is 2. The number of ether oxygens (including phenoxy) is 1. The number of hydrogen-bond acceptors (Lipinski definition) is 7. The molecule has 0 unspecified atom stereocenters. The first-order valence-corrected chi connectivity index (χ1v) is 10.1. The highest BCUT2D eigenvalue weighted by Crippen LogP contribution is 2.32. The van der Waals surface area contributed by atoms with E-state index in [2.05, 4.69) is 37.6 Å². The molecule has 0 spiro atoms. The molecule has 0 bridgehead atoms. The summed E-state index contributed by atoms with van der Waals surface area (Å²) in [6.45, 7) is 3.39. The van der Waals surface area contributed by atoms with Crippen LogP contribution in [0.1, 0.15) is 35.8 Å². The maximum Gasteiger partial charge on any atom is 0.224 e. The second kappa shape index (κ2) is 7.75. The van der Waals surface area contributed by atoms with Gasteiger partial charge in [0.1, 0.15) is 5.82 Å². The van der Waals surface area contributed by atoms with Crippen LogP contribution in [0.4, 0.5) is 17.6 Å². The van der Waals surface area contributed by atoms with Crippen molar-refractivity contribution in [2.75, 3.05) is 24.3 Å². The lowest BCUT2D eigenvalue weighted by Crippen LogP contribution is -2.21. The molecular weight excluding hydrogens is 380 g/mol. The van der Waals surface area contributed by atoms with Crippen LogP contribution in [0, 0.1) is 6.92 Å². The van der Waals surface area contributed by atoms with E-state index in [1.54, 1.807) is 0 Å². The lowest BCUT2D eigenvalue weighted by Gasteiger charge is -2.22. The molecule has 5 rings (SSSR count). The number of aryl methyl sites for hydroxylation is 1. The topological polar surface area (TPSA) is 120 Å². The molecule has 1 fully saturated rings. The quantitative estimate of drug-likeness (QED) is 0.467. The van der Waals surface area contributed by atoms with Gasteiger partial charge in [0, 0.05) is 31.4 Å². The molecule has 4 aromatic rings. The summed E-state index contributed by atoms with van der Waals surface area (Å²) in [4.78, 5) is 9.07. The van der Waals surface area contributed by atoms with Crippen molar-refractivity contribution in [3.8, 4) is 0 Å². The molecule has 0 radical (unpaired) electrons. The summed E-state index contributed by atoms with van der Waals surface area (Å²) in [6, 6.07) is 12.4. The highest BCUT2D eigenvalue weighted by Gasteiger charge is 2.25. The van der Waals surface area contributed by atoms with Crippen LogP contribution < -0.4 is 11.1 Å². The molecule has 4 heterocycles. The lowest BCUT2D eigenvalue weighted by atomic mass is 10.1. The van der Waals surface area contributed by atoms with Gasteiger partial charge in [-0.25, -0.2) is 4.68 Å². The van der Waals surface area contributed by atoms with Gasteiger partial charge in [0.2, 0.25) is 5.95 Å². The van der Waals surface area contributed by atoms with Gasteiger partial charge in [-0.15, -0.1) is 0 Å². The summed E-state index contributed by atoms with van der Waals surface area (Å²) in [5.41, 5.74) is 9.88. The molecule has 0 amide bonds. The van der Waals surface area contributed by atoms with Crippen LogP contribution in [0.15, 0.2) is 36.4 Å². The SMILES string of the molecule is Cc1cc(Nc2nc(N)nc3c2c(Cc2ccccc2)nn3C2CCOCC2)n[nH]1. The number of nitrogen functional groups attached to an aromatic ring is 1. The van der Waals surface area contributed by atoms with Crippen molar-refractivity contribution >= 4 is 28.6 Å². The molecule has 3 aromatic heterocycles. The second-order valence-electron chi connectivity index (χ2n) is 7.59. The van der Waals surface area contributed by atoms with Crippen LogP contribution in [0.25, 0.3) is 11.0 Å². The van der Waals surface area contributed by atoms with E-state index in [1.807, 2.05) is 35.9 Å². The first kappa shape index (κ1) is 18.6. The number of hydrogen-bond donors (Lipinski definition) is 3. The minimum absolute atomic E-state index is 0.205. The maximum absolute atomic E-state index is 6.09. The number of nitrogens with two attached hydrogens (primary N) is 1. The first-order valence-electron chi connectivity index (χ1n) is 10.1.